The van der Waals surface area contributed by atoms with E-state index in [1.807, 2.05) is 19.1 Å². The minimum atomic E-state index is 0.729. The molecule has 0 saturated carbocycles. The maximum Gasteiger partial charge on any atom is 0.0891 e. The number of hydrogen-bond acceptors (Lipinski definition) is 2. The van der Waals surface area contributed by atoms with Crippen LogP contribution in [-0.2, 0) is 12.8 Å². The van der Waals surface area contributed by atoms with Crippen LogP contribution in [0.1, 0.15) is 5.56 Å². The molecule has 0 atom stereocenters. The van der Waals surface area contributed by atoms with E-state index in [0.29, 0.717) is 0 Å². The molecule has 0 fully saturated rings. The summed E-state index contributed by atoms with van der Waals surface area (Å²) in [5.74, 6) is 0. The number of aryl methyl sites for hydroxylation is 1. The van der Waals surface area contributed by atoms with Crippen molar-refractivity contribution in [2.45, 2.75) is 6.92 Å². The van der Waals surface area contributed by atoms with Crippen molar-refractivity contribution in [1.82, 2.24) is 3.97 Å². The van der Waals surface area contributed by atoms with E-state index in [0.717, 1.165) is 10.2 Å². The predicted molar refractivity (Wildman–Crippen MR) is 42.8 cm³/mol. The largest absolute Gasteiger partial charge is 0.687 e. The van der Waals surface area contributed by atoms with Crippen LogP contribution in [0.2, 0.25) is 0 Å². The third kappa shape index (κ3) is 1.28. The van der Waals surface area contributed by atoms with Crippen molar-refractivity contribution in [1.29, 1.82) is 0 Å². The summed E-state index contributed by atoms with van der Waals surface area (Å²) < 4.78 is 2.25. The maximum absolute atomic E-state index is 4.95. The maximum atomic E-state index is 4.95. The number of hydrogen-bond donors (Lipinski definition) is 0. The third-order valence-corrected chi connectivity index (χ3v) is 2.04. The summed E-state index contributed by atoms with van der Waals surface area (Å²) in [5.41, 5.74) is 1.06. The molecule has 0 unspecified atom stereocenters. The molecule has 0 spiro atoms. The van der Waals surface area contributed by atoms with Crippen molar-refractivity contribution in [3.63, 3.8) is 0 Å². The molecule has 9 heavy (non-hydrogen) atoms. The fraction of sp³-hybridized carbons (Fsp3) is 0.167. The summed E-state index contributed by atoms with van der Waals surface area (Å²) in [6.07, 6.45) is 1.77. The molecule has 1 heterocycles. The quantitative estimate of drug-likeness (QED) is 0.417. The van der Waals surface area contributed by atoms with Gasteiger partial charge in [0.15, 0.2) is 0 Å². The van der Waals surface area contributed by atoms with Gasteiger partial charge in [0.2, 0.25) is 0 Å². The van der Waals surface area contributed by atoms with Crippen molar-refractivity contribution < 1.29 is 0 Å². The van der Waals surface area contributed by atoms with Gasteiger partial charge in [0, 0.05) is 0 Å². The third-order valence-electron chi connectivity index (χ3n) is 1.11. The highest BCUT2D eigenvalue weighted by molar-refractivity contribution is 7.72. The molecule has 0 saturated heterocycles. The van der Waals surface area contributed by atoms with E-state index in [9.17, 15) is 0 Å². The normalized spacial score (nSPS) is 9.44. The molecule has 0 bridgehead atoms. The Morgan fingerprint density at radius 2 is 2.33 bits per heavy atom. The highest BCUT2D eigenvalue weighted by Crippen LogP contribution is 1.98. The lowest BCUT2D eigenvalue weighted by atomic mass is 10.3. The average Bonchev–Trinajstić information content (AvgIpc) is 1.83. The summed E-state index contributed by atoms with van der Waals surface area (Å²) in [7, 11) is 0. The minimum absolute atomic E-state index is 0.729. The van der Waals surface area contributed by atoms with Gasteiger partial charge in [-0.1, -0.05) is 18.3 Å². The van der Waals surface area contributed by atoms with Gasteiger partial charge in [-0.15, -0.1) is 0 Å². The summed E-state index contributed by atoms with van der Waals surface area (Å²) in [6.45, 7) is 1.95. The van der Waals surface area contributed by atoms with E-state index in [1.54, 1.807) is 6.20 Å². The topological polar surface area (TPSA) is 4.93 Å². The van der Waals surface area contributed by atoms with Crippen LogP contribution in [0.5, 0.6) is 0 Å². The van der Waals surface area contributed by atoms with Crippen molar-refractivity contribution in [2.24, 2.45) is 0 Å². The van der Waals surface area contributed by atoms with E-state index in [1.165, 1.54) is 3.97 Å². The molecule has 3 heteroatoms. The van der Waals surface area contributed by atoms with Crippen LogP contribution in [0, 0.1) is 11.6 Å². The molecule has 0 aliphatic rings. The summed E-state index contributed by atoms with van der Waals surface area (Å²) in [5, 5.41) is 0. The van der Waals surface area contributed by atoms with Gasteiger partial charge in [-0.3, -0.25) is 0 Å². The lowest BCUT2D eigenvalue weighted by Gasteiger charge is -2.10. The lowest BCUT2D eigenvalue weighted by molar-refractivity contribution is 1.17. The Morgan fingerprint density at radius 1 is 1.67 bits per heavy atom. The lowest BCUT2D eigenvalue weighted by Crippen LogP contribution is -1.89. The second-order valence-electron chi connectivity index (χ2n) is 1.82. The molecule has 0 N–H and O–H groups in total. The molecule has 0 aliphatic carbocycles. The molecule has 0 aromatic carbocycles. The summed E-state index contributed by atoms with van der Waals surface area (Å²) in [6, 6.07) is 3.84. The molecule has 0 aliphatic heterocycles. The van der Waals surface area contributed by atoms with E-state index < -0.39 is 0 Å². The Bertz CT molecular complexity index is 241. The summed E-state index contributed by atoms with van der Waals surface area (Å²) >= 11 is 9.81. The van der Waals surface area contributed by atoms with Crippen molar-refractivity contribution in [3.8, 4) is 0 Å². The fourth-order valence-corrected chi connectivity index (χ4v) is 0.922. The number of rotatable bonds is 0. The first-order valence-corrected chi connectivity index (χ1v) is 3.35. The number of aromatic nitrogens is 1. The van der Waals surface area contributed by atoms with Crippen molar-refractivity contribution >= 4 is 25.0 Å². The SMILES string of the molecule is Cc1cccn([S-])c1=S. The zero-order valence-corrected chi connectivity index (χ0v) is 6.63. The molecule has 0 amide bonds. The van der Waals surface area contributed by atoms with Gasteiger partial charge in [-0.25, -0.2) is 0 Å². The van der Waals surface area contributed by atoms with Crippen LogP contribution >= 0.6 is 12.2 Å². The Hall–Kier alpha value is -0.410. The molecular weight excluding hydrogens is 150 g/mol. The monoisotopic (exact) mass is 156 g/mol. The van der Waals surface area contributed by atoms with Crippen LogP contribution in [0.25, 0.3) is 0 Å². The van der Waals surface area contributed by atoms with Gasteiger partial charge in [-0.2, -0.15) is 0 Å². The average molecular weight is 156 g/mol. The number of pyridine rings is 1. The summed E-state index contributed by atoms with van der Waals surface area (Å²) in [4.78, 5) is 0. The van der Waals surface area contributed by atoms with Crippen LogP contribution < -0.4 is 0 Å². The molecule has 1 nitrogen and oxygen atoms in total. The second-order valence-corrected chi connectivity index (χ2v) is 2.60. The molecule has 1 rings (SSSR count). The highest BCUT2D eigenvalue weighted by atomic mass is 32.1. The molecule has 0 radical (unpaired) electrons. The van der Waals surface area contributed by atoms with E-state index in [2.05, 4.69) is 0 Å². The van der Waals surface area contributed by atoms with Crippen LogP contribution in [0.4, 0.5) is 0 Å². The van der Waals surface area contributed by atoms with Gasteiger partial charge in [0.1, 0.15) is 0 Å². The van der Waals surface area contributed by atoms with E-state index in [-0.39, 0.29) is 0 Å². The number of nitrogens with zero attached hydrogens (tertiary/aromatic N) is 1. The van der Waals surface area contributed by atoms with Crippen LogP contribution in [-0.4, -0.2) is 3.97 Å². The molecule has 48 valence electrons. The van der Waals surface area contributed by atoms with Gasteiger partial charge >= 0.3 is 0 Å². The predicted octanol–water partition coefficient (Wildman–Crippen LogP) is 1.84. The first-order valence-electron chi connectivity index (χ1n) is 2.57. The smallest absolute Gasteiger partial charge is 0.0891 e. The first kappa shape index (κ1) is 6.71. The first-order chi connectivity index (χ1) is 4.22. The van der Waals surface area contributed by atoms with Crippen LogP contribution in [0.15, 0.2) is 18.3 Å². The van der Waals surface area contributed by atoms with Gasteiger partial charge in [0.25, 0.3) is 0 Å². The zero-order valence-electron chi connectivity index (χ0n) is 5.00. The van der Waals surface area contributed by atoms with Crippen molar-refractivity contribution in [2.75, 3.05) is 0 Å². The Balaban J connectivity index is 3.43. The molecule has 1 aromatic rings. The molecular formula is C6H6NS2-. The standard InChI is InChI=1S/C6H6NS2/c1-5-3-2-4-7(9)6(5)8/h2-4H,1H3/q-1. The van der Waals surface area contributed by atoms with E-state index >= 15 is 0 Å². The van der Waals surface area contributed by atoms with Crippen LogP contribution in [0.3, 0.4) is 0 Å². The Labute approximate surface area is 64.9 Å². The van der Waals surface area contributed by atoms with Gasteiger partial charge in [0.05, 0.1) is 4.64 Å². The Kier molecular flexibility index (Phi) is 1.83. The fourth-order valence-electron chi connectivity index (χ4n) is 0.578. The minimum Gasteiger partial charge on any atom is -0.687 e. The molecule has 1 aromatic heterocycles. The zero-order chi connectivity index (χ0) is 6.85. The van der Waals surface area contributed by atoms with E-state index in [4.69, 9.17) is 25.0 Å². The second kappa shape index (κ2) is 2.45. The van der Waals surface area contributed by atoms with Crippen molar-refractivity contribution in [3.05, 3.63) is 28.5 Å². The van der Waals surface area contributed by atoms with Gasteiger partial charge in [-0.05, 0) is 24.8 Å². The highest BCUT2D eigenvalue weighted by Gasteiger charge is 1.81. The van der Waals surface area contributed by atoms with Gasteiger partial charge < -0.3 is 16.8 Å². The Morgan fingerprint density at radius 3 is 2.78 bits per heavy atom.